The zero-order chi connectivity index (χ0) is 13.0. The van der Waals surface area contributed by atoms with E-state index in [9.17, 15) is 4.79 Å². The third kappa shape index (κ3) is 3.04. The molecule has 4 heteroatoms. The summed E-state index contributed by atoms with van der Waals surface area (Å²) in [5, 5.41) is 0. The predicted octanol–water partition coefficient (Wildman–Crippen LogP) is 1.67. The van der Waals surface area contributed by atoms with Crippen LogP contribution in [0.1, 0.15) is 51.9 Å². The van der Waals surface area contributed by atoms with E-state index in [-0.39, 0.29) is 18.1 Å². The van der Waals surface area contributed by atoms with E-state index in [1.165, 1.54) is 12.8 Å². The zero-order valence-corrected chi connectivity index (χ0v) is 11.4. The van der Waals surface area contributed by atoms with Crippen LogP contribution in [0.4, 0.5) is 0 Å². The first kappa shape index (κ1) is 13.8. The number of nitrogens with zero attached hydrogens (tertiary/aromatic N) is 1. The van der Waals surface area contributed by atoms with Crippen molar-refractivity contribution < 1.29 is 9.53 Å². The first-order valence-electron chi connectivity index (χ1n) is 7.42. The molecule has 0 aromatic heterocycles. The normalized spacial score (nSPS) is 33.4. The van der Waals surface area contributed by atoms with Crippen LogP contribution in [0.2, 0.25) is 0 Å². The molecule has 0 aromatic rings. The van der Waals surface area contributed by atoms with Crippen LogP contribution in [0, 0.1) is 0 Å². The molecule has 2 N–H and O–H groups in total. The molecular weight excluding hydrogens is 228 g/mol. The molecule has 0 spiro atoms. The lowest BCUT2D eigenvalue weighted by atomic mass is 10.1. The summed E-state index contributed by atoms with van der Waals surface area (Å²) in [5.41, 5.74) is 5.60. The monoisotopic (exact) mass is 254 g/mol. The highest BCUT2D eigenvalue weighted by Crippen LogP contribution is 2.25. The summed E-state index contributed by atoms with van der Waals surface area (Å²) in [5.74, 6) is 0.208. The van der Waals surface area contributed by atoms with Crippen molar-refractivity contribution in [3.05, 3.63) is 0 Å². The van der Waals surface area contributed by atoms with Gasteiger partial charge in [-0.15, -0.1) is 0 Å². The number of hydrogen-bond acceptors (Lipinski definition) is 3. The Morgan fingerprint density at radius 1 is 1.28 bits per heavy atom. The van der Waals surface area contributed by atoms with Gasteiger partial charge < -0.3 is 15.4 Å². The lowest BCUT2D eigenvalue weighted by Gasteiger charge is -2.31. The molecular formula is C14H26N2O2. The van der Waals surface area contributed by atoms with E-state index in [0.29, 0.717) is 12.6 Å². The first-order chi connectivity index (χ1) is 8.76. The van der Waals surface area contributed by atoms with Gasteiger partial charge in [0.2, 0.25) is 0 Å². The molecule has 2 heterocycles. The molecule has 0 bridgehead atoms. The number of ether oxygens (including phenoxy) is 1. The van der Waals surface area contributed by atoms with Crippen molar-refractivity contribution in [3.8, 4) is 0 Å². The molecule has 3 unspecified atom stereocenters. The summed E-state index contributed by atoms with van der Waals surface area (Å²) in [4.78, 5) is 14.6. The second-order valence-corrected chi connectivity index (χ2v) is 5.50. The fraction of sp³-hybridized carbons (Fsp3) is 0.929. The SMILES string of the molecule is CCC1CCCCCN1C(=O)C1CCC(CN)O1. The Hall–Kier alpha value is -0.610. The first-order valence-corrected chi connectivity index (χ1v) is 7.42. The van der Waals surface area contributed by atoms with E-state index in [1.54, 1.807) is 0 Å². The molecule has 0 radical (unpaired) electrons. The summed E-state index contributed by atoms with van der Waals surface area (Å²) in [7, 11) is 0. The Bertz CT molecular complexity index is 283. The van der Waals surface area contributed by atoms with Crippen LogP contribution in [0.15, 0.2) is 0 Å². The van der Waals surface area contributed by atoms with E-state index in [4.69, 9.17) is 10.5 Å². The van der Waals surface area contributed by atoms with Crippen molar-refractivity contribution in [2.75, 3.05) is 13.1 Å². The van der Waals surface area contributed by atoms with E-state index < -0.39 is 0 Å². The average molecular weight is 254 g/mol. The Morgan fingerprint density at radius 2 is 2.11 bits per heavy atom. The lowest BCUT2D eigenvalue weighted by molar-refractivity contribution is -0.145. The van der Waals surface area contributed by atoms with Gasteiger partial charge in [0.25, 0.3) is 5.91 Å². The fourth-order valence-electron chi connectivity index (χ4n) is 3.14. The predicted molar refractivity (Wildman–Crippen MR) is 71.2 cm³/mol. The number of rotatable bonds is 3. The number of carbonyl (C=O) groups excluding carboxylic acids is 1. The Kier molecular flexibility index (Phi) is 5.01. The highest BCUT2D eigenvalue weighted by Gasteiger charge is 2.35. The molecule has 2 aliphatic heterocycles. The number of amides is 1. The Labute approximate surface area is 110 Å². The molecule has 3 atom stereocenters. The van der Waals surface area contributed by atoms with Gasteiger partial charge in [0.05, 0.1) is 6.10 Å². The van der Waals surface area contributed by atoms with Crippen LogP contribution in [-0.4, -0.2) is 42.1 Å². The molecule has 0 saturated carbocycles. The molecule has 18 heavy (non-hydrogen) atoms. The molecule has 104 valence electrons. The van der Waals surface area contributed by atoms with Gasteiger partial charge in [0.15, 0.2) is 0 Å². The smallest absolute Gasteiger partial charge is 0.251 e. The maximum Gasteiger partial charge on any atom is 0.251 e. The van der Waals surface area contributed by atoms with Gasteiger partial charge in [0.1, 0.15) is 6.10 Å². The van der Waals surface area contributed by atoms with Crippen molar-refractivity contribution >= 4 is 5.91 Å². The minimum Gasteiger partial charge on any atom is -0.364 e. The number of nitrogens with two attached hydrogens (primary N) is 1. The van der Waals surface area contributed by atoms with Gasteiger partial charge >= 0.3 is 0 Å². The van der Waals surface area contributed by atoms with Crippen molar-refractivity contribution in [2.45, 2.75) is 70.1 Å². The molecule has 2 aliphatic rings. The van der Waals surface area contributed by atoms with Crippen LogP contribution in [0.25, 0.3) is 0 Å². The van der Waals surface area contributed by atoms with Crippen LogP contribution >= 0.6 is 0 Å². The summed E-state index contributed by atoms with van der Waals surface area (Å²) in [6.07, 6.45) is 7.46. The number of carbonyl (C=O) groups is 1. The highest BCUT2D eigenvalue weighted by atomic mass is 16.5. The maximum atomic E-state index is 12.5. The van der Waals surface area contributed by atoms with Crippen molar-refractivity contribution in [1.29, 1.82) is 0 Å². The molecule has 1 amide bonds. The second-order valence-electron chi connectivity index (χ2n) is 5.50. The van der Waals surface area contributed by atoms with Crippen molar-refractivity contribution in [3.63, 3.8) is 0 Å². The molecule has 2 saturated heterocycles. The molecule has 0 aromatic carbocycles. The lowest BCUT2D eigenvalue weighted by Crippen LogP contribution is -2.45. The summed E-state index contributed by atoms with van der Waals surface area (Å²) < 4.78 is 5.74. The third-order valence-electron chi connectivity index (χ3n) is 4.28. The minimum atomic E-state index is -0.231. The third-order valence-corrected chi connectivity index (χ3v) is 4.28. The zero-order valence-electron chi connectivity index (χ0n) is 11.4. The molecule has 2 fully saturated rings. The van der Waals surface area contributed by atoms with Crippen molar-refractivity contribution in [1.82, 2.24) is 4.90 Å². The maximum absolute atomic E-state index is 12.5. The summed E-state index contributed by atoms with van der Waals surface area (Å²) in [6, 6.07) is 0.417. The van der Waals surface area contributed by atoms with Crippen molar-refractivity contribution in [2.24, 2.45) is 5.73 Å². The fourth-order valence-corrected chi connectivity index (χ4v) is 3.14. The highest BCUT2D eigenvalue weighted by molar-refractivity contribution is 5.81. The van der Waals surface area contributed by atoms with E-state index in [0.717, 1.165) is 38.6 Å². The van der Waals surface area contributed by atoms with E-state index in [2.05, 4.69) is 11.8 Å². The topological polar surface area (TPSA) is 55.6 Å². The average Bonchev–Trinajstić information content (AvgIpc) is 2.75. The Morgan fingerprint density at radius 3 is 2.78 bits per heavy atom. The Balaban J connectivity index is 1.97. The van der Waals surface area contributed by atoms with Gasteiger partial charge in [-0.2, -0.15) is 0 Å². The van der Waals surface area contributed by atoms with Gasteiger partial charge in [-0.1, -0.05) is 19.8 Å². The van der Waals surface area contributed by atoms with Gasteiger partial charge in [-0.05, 0) is 32.1 Å². The number of hydrogen-bond donors (Lipinski definition) is 1. The second kappa shape index (κ2) is 6.53. The van der Waals surface area contributed by atoms with E-state index in [1.807, 2.05) is 0 Å². The summed E-state index contributed by atoms with van der Waals surface area (Å²) >= 11 is 0. The van der Waals surface area contributed by atoms with E-state index >= 15 is 0 Å². The summed E-state index contributed by atoms with van der Waals surface area (Å²) in [6.45, 7) is 3.61. The molecule has 4 nitrogen and oxygen atoms in total. The van der Waals surface area contributed by atoms with Gasteiger partial charge in [-0.25, -0.2) is 0 Å². The van der Waals surface area contributed by atoms with Crippen LogP contribution in [0.3, 0.4) is 0 Å². The van der Waals surface area contributed by atoms with Crippen LogP contribution in [-0.2, 0) is 9.53 Å². The van der Waals surface area contributed by atoms with Gasteiger partial charge in [-0.3, -0.25) is 4.79 Å². The van der Waals surface area contributed by atoms with Crippen LogP contribution in [0.5, 0.6) is 0 Å². The molecule has 2 rings (SSSR count). The number of likely N-dealkylation sites (tertiary alicyclic amines) is 1. The minimum absolute atomic E-state index is 0.0889. The van der Waals surface area contributed by atoms with Gasteiger partial charge in [0, 0.05) is 19.1 Å². The quantitative estimate of drug-likeness (QED) is 0.833. The standard InChI is InChI=1S/C14H26N2O2/c1-2-11-6-4-3-5-9-16(11)14(17)13-8-7-12(10-15)18-13/h11-13H,2-10,15H2,1H3. The van der Waals surface area contributed by atoms with Crippen LogP contribution < -0.4 is 5.73 Å². The largest absolute Gasteiger partial charge is 0.364 e. The molecule has 0 aliphatic carbocycles.